The van der Waals surface area contributed by atoms with E-state index in [1.165, 1.54) is 22.2 Å². The second-order valence-electron chi connectivity index (χ2n) is 9.30. The molecule has 0 radical (unpaired) electrons. The van der Waals surface area contributed by atoms with Gasteiger partial charge in [-0.2, -0.15) is 36.5 Å². The van der Waals surface area contributed by atoms with Gasteiger partial charge in [0.2, 0.25) is 0 Å². The van der Waals surface area contributed by atoms with Crippen LogP contribution in [0.1, 0.15) is 66.2 Å². The zero-order valence-corrected chi connectivity index (χ0v) is 20.4. The minimum Gasteiger partial charge on any atom is -0.382 e. The molecule has 1 atom stereocenters. The number of carbonyl (C=O) groups excluding carboxylic acids is 1. The Morgan fingerprint density at radius 1 is 1.19 bits per heavy atom. The molecule has 37 heavy (non-hydrogen) atoms. The second kappa shape index (κ2) is 10.0. The molecule has 2 aliphatic rings. The third-order valence-corrected chi connectivity index (χ3v) is 7.86. The largest absolute Gasteiger partial charge is 0.416 e. The summed E-state index contributed by atoms with van der Waals surface area (Å²) in [5, 5.41) is 9.43. The number of amidine groups is 1. The third-order valence-electron chi connectivity index (χ3n) is 6.55. The lowest BCUT2D eigenvalue weighted by molar-refractivity contribution is -0.201. The van der Waals surface area contributed by atoms with Crippen molar-refractivity contribution in [3.8, 4) is 0 Å². The monoisotopic (exact) mass is 548 g/mol. The van der Waals surface area contributed by atoms with Gasteiger partial charge in [0.25, 0.3) is 5.91 Å². The van der Waals surface area contributed by atoms with Crippen LogP contribution in [0.5, 0.6) is 0 Å². The number of nitrogens with one attached hydrogen (secondary N) is 1. The van der Waals surface area contributed by atoms with Gasteiger partial charge >= 0.3 is 12.4 Å². The van der Waals surface area contributed by atoms with Crippen molar-refractivity contribution in [2.45, 2.75) is 75.3 Å². The van der Waals surface area contributed by atoms with Crippen LogP contribution in [0, 0.1) is 0 Å². The number of amides is 1. The van der Waals surface area contributed by atoms with Gasteiger partial charge in [-0.1, -0.05) is 6.42 Å². The summed E-state index contributed by atoms with van der Waals surface area (Å²) in [5.41, 5.74) is 2.63. The third kappa shape index (κ3) is 5.78. The van der Waals surface area contributed by atoms with Crippen molar-refractivity contribution in [3.05, 3.63) is 45.4 Å². The Kier molecular flexibility index (Phi) is 7.32. The molecule has 0 aromatic carbocycles. The zero-order chi connectivity index (χ0) is 27.0. The quantitative estimate of drug-likeness (QED) is 0.103. The van der Waals surface area contributed by atoms with E-state index < -0.39 is 36.6 Å². The molecule has 0 spiro atoms. The molecule has 0 saturated heterocycles. The number of carbonyl (C=O) groups is 1. The topological polar surface area (TPSA) is 111 Å². The summed E-state index contributed by atoms with van der Waals surface area (Å²) in [6.45, 7) is 0.135. The molecule has 1 fully saturated rings. The predicted octanol–water partition coefficient (Wildman–Crippen LogP) is 4.91. The van der Waals surface area contributed by atoms with Gasteiger partial charge in [0, 0.05) is 40.9 Å². The number of aromatic nitrogens is 2. The zero-order valence-electron chi connectivity index (χ0n) is 19.6. The fourth-order valence-electron chi connectivity index (χ4n) is 4.43. The summed E-state index contributed by atoms with van der Waals surface area (Å²) in [6, 6.07) is 3.53. The highest BCUT2D eigenvalue weighted by Gasteiger charge is 2.60. The number of hydrazone groups is 1. The van der Waals surface area contributed by atoms with Crippen LogP contribution in [0.3, 0.4) is 0 Å². The van der Waals surface area contributed by atoms with Crippen LogP contribution < -0.4 is 16.9 Å². The molecule has 1 aliphatic heterocycles. The van der Waals surface area contributed by atoms with Gasteiger partial charge in [-0.15, -0.1) is 11.3 Å². The molecular weight excluding hydrogens is 522 g/mol. The molecule has 4 rings (SSSR count). The molecule has 1 saturated carbocycles. The average molecular weight is 549 g/mol. The lowest BCUT2D eigenvalue weighted by Gasteiger charge is -2.40. The number of unbranched alkanes of at least 4 members (excludes halogenated alkanes) is 2. The number of hydrogen-bond acceptors (Lipinski definition) is 5. The Balaban J connectivity index is 1.64. The minimum atomic E-state index is -4.91. The lowest BCUT2D eigenvalue weighted by Crippen LogP contribution is -2.59. The SMILES string of the molecule is NN=C(N)C1=C(c2ccc(C3CC3)s2)CC(c2cnn(CCCCCC(F)(F)F)c2)(C(F)(F)F)NC1=O. The van der Waals surface area contributed by atoms with Crippen LogP contribution in [-0.4, -0.2) is 33.9 Å². The highest BCUT2D eigenvalue weighted by Crippen LogP contribution is 2.51. The standard InChI is InChI=1S/C23H26F6N6OS/c24-22(25,26)8-2-1-3-9-35-12-14(11-32-35)21(23(27,28)29)10-15(18(19(30)34-31)20(36)33-21)17-7-6-16(37-17)13-4-5-13/h6-7,11-13H,1-5,8-10,31H2,(H2,30,34)(H,33,36). The van der Waals surface area contributed by atoms with Gasteiger partial charge in [0.15, 0.2) is 11.4 Å². The number of hydrogen-bond donors (Lipinski definition) is 3. The summed E-state index contributed by atoms with van der Waals surface area (Å²) in [4.78, 5) is 14.6. The summed E-state index contributed by atoms with van der Waals surface area (Å²) in [5.74, 6) is 4.21. The molecule has 7 nitrogen and oxygen atoms in total. The van der Waals surface area contributed by atoms with E-state index in [0.29, 0.717) is 17.2 Å². The number of halogens is 6. The molecule has 3 heterocycles. The summed E-state index contributed by atoms with van der Waals surface area (Å²) >= 11 is 1.32. The highest BCUT2D eigenvalue weighted by atomic mass is 32.1. The van der Waals surface area contributed by atoms with Gasteiger partial charge in [-0.05, 0) is 49.3 Å². The first-order valence-corrected chi connectivity index (χ1v) is 12.5. The molecule has 2 aromatic rings. The fraction of sp³-hybridized carbons (Fsp3) is 0.522. The van der Waals surface area contributed by atoms with E-state index in [0.717, 1.165) is 23.9 Å². The van der Waals surface area contributed by atoms with Crippen molar-refractivity contribution in [3.63, 3.8) is 0 Å². The number of nitrogens with two attached hydrogens (primary N) is 2. The van der Waals surface area contributed by atoms with Gasteiger partial charge < -0.3 is 16.9 Å². The van der Waals surface area contributed by atoms with E-state index in [1.807, 2.05) is 6.07 Å². The van der Waals surface area contributed by atoms with Crippen molar-refractivity contribution in [1.29, 1.82) is 0 Å². The predicted molar refractivity (Wildman–Crippen MR) is 126 cm³/mol. The highest BCUT2D eigenvalue weighted by molar-refractivity contribution is 7.13. The molecular formula is C23H26F6N6OS. The van der Waals surface area contributed by atoms with E-state index in [-0.39, 0.29) is 41.9 Å². The first-order chi connectivity index (χ1) is 17.3. The first-order valence-electron chi connectivity index (χ1n) is 11.7. The second-order valence-corrected chi connectivity index (χ2v) is 10.4. The maximum Gasteiger partial charge on any atom is 0.416 e. The van der Waals surface area contributed by atoms with Crippen LogP contribution in [0.2, 0.25) is 0 Å². The molecule has 1 aliphatic carbocycles. The van der Waals surface area contributed by atoms with Crippen molar-refractivity contribution < 1.29 is 31.1 Å². The Bertz CT molecular complexity index is 1210. The van der Waals surface area contributed by atoms with E-state index in [4.69, 9.17) is 11.6 Å². The van der Waals surface area contributed by atoms with Crippen molar-refractivity contribution in [1.82, 2.24) is 15.1 Å². The Hall–Kier alpha value is -3.03. The minimum absolute atomic E-state index is 0.0785. The van der Waals surface area contributed by atoms with Crippen molar-refractivity contribution in [2.75, 3.05) is 0 Å². The maximum atomic E-state index is 14.7. The molecule has 2 aromatic heterocycles. The maximum absolute atomic E-state index is 14.7. The number of aryl methyl sites for hydroxylation is 1. The van der Waals surface area contributed by atoms with E-state index in [2.05, 4.69) is 15.5 Å². The normalized spacial score (nSPS) is 21.5. The summed E-state index contributed by atoms with van der Waals surface area (Å²) in [7, 11) is 0. The van der Waals surface area contributed by atoms with Gasteiger partial charge in [0.05, 0.1) is 11.8 Å². The van der Waals surface area contributed by atoms with Gasteiger partial charge in [-0.25, -0.2) is 0 Å². The van der Waals surface area contributed by atoms with E-state index in [9.17, 15) is 31.1 Å². The Labute approximate surface area is 212 Å². The number of rotatable bonds is 9. The molecule has 1 amide bonds. The van der Waals surface area contributed by atoms with Crippen molar-refractivity contribution in [2.24, 2.45) is 16.7 Å². The van der Waals surface area contributed by atoms with Gasteiger partial charge in [0.1, 0.15) is 0 Å². The average Bonchev–Trinajstić information content (AvgIpc) is 3.34. The molecule has 1 unspecified atom stereocenters. The summed E-state index contributed by atoms with van der Waals surface area (Å²) in [6.07, 6.45) is -6.07. The van der Waals surface area contributed by atoms with Crippen LogP contribution in [-0.2, 0) is 16.9 Å². The van der Waals surface area contributed by atoms with Crippen LogP contribution in [0.25, 0.3) is 5.57 Å². The van der Waals surface area contributed by atoms with Crippen LogP contribution in [0.15, 0.2) is 35.2 Å². The van der Waals surface area contributed by atoms with Crippen molar-refractivity contribution >= 4 is 28.7 Å². The smallest absolute Gasteiger partial charge is 0.382 e. The van der Waals surface area contributed by atoms with Crippen LogP contribution >= 0.6 is 11.3 Å². The molecule has 202 valence electrons. The number of alkyl halides is 6. The number of thiophene rings is 1. The Morgan fingerprint density at radius 3 is 2.54 bits per heavy atom. The van der Waals surface area contributed by atoms with Crippen LogP contribution in [0.4, 0.5) is 26.3 Å². The molecule has 0 bridgehead atoms. The fourth-order valence-corrected chi connectivity index (χ4v) is 5.66. The van der Waals surface area contributed by atoms with E-state index >= 15 is 0 Å². The molecule has 5 N–H and O–H groups in total. The summed E-state index contributed by atoms with van der Waals surface area (Å²) < 4.78 is 82.3. The van der Waals surface area contributed by atoms with Gasteiger partial charge in [-0.3, -0.25) is 9.48 Å². The molecule has 14 heteroatoms. The Morgan fingerprint density at radius 2 is 1.92 bits per heavy atom. The lowest BCUT2D eigenvalue weighted by atomic mass is 9.79. The number of nitrogens with zero attached hydrogens (tertiary/aromatic N) is 3. The van der Waals surface area contributed by atoms with E-state index in [1.54, 1.807) is 6.07 Å². The first kappa shape index (κ1) is 27.0.